The highest BCUT2D eigenvalue weighted by molar-refractivity contribution is 5.17. The van der Waals surface area contributed by atoms with Crippen molar-refractivity contribution in [2.75, 3.05) is 0 Å². The molecular formula is C16H21N. The van der Waals surface area contributed by atoms with Crippen LogP contribution in [0.1, 0.15) is 37.7 Å². The SMILES string of the molecule is C=C1CC2CCCC(C1)N2Cc1ccccc1. The van der Waals surface area contributed by atoms with E-state index in [9.17, 15) is 0 Å². The van der Waals surface area contributed by atoms with Crippen LogP contribution in [-0.2, 0) is 6.54 Å². The van der Waals surface area contributed by atoms with Gasteiger partial charge in [0, 0.05) is 18.6 Å². The lowest BCUT2D eigenvalue weighted by molar-refractivity contribution is 0.0539. The topological polar surface area (TPSA) is 3.24 Å². The van der Waals surface area contributed by atoms with Crippen LogP contribution in [-0.4, -0.2) is 17.0 Å². The molecule has 2 atom stereocenters. The monoisotopic (exact) mass is 227 g/mol. The van der Waals surface area contributed by atoms with E-state index in [1.54, 1.807) is 0 Å². The third kappa shape index (κ3) is 2.30. The fraction of sp³-hybridized carbons (Fsp3) is 0.500. The highest BCUT2D eigenvalue weighted by Gasteiger charge is 2.34. The van der Waals surface area contributed by atoms with E-state index in [1.165, 1.54) is 43.2 Å². The zero-order valence-electron chi connectivity index (χ0n) is 10.4. The summed E-state index contributed by atoms with van der Waals surface area (Å²) in [7, 11) is 0. The van der Waals surface area contributed by atoms with Crippen molar-refractivity contribution in [3.8, 4) is 0 Å². The number of rotatable bonds is 2. The average Bonchev–Trinajstić information content (AvgIpc) is 2.32. The molecule has 1 heteroatoms. The molecule has 2 fully saturated rings. The first kappa shape index (κ1) is 11.0. The van der Waals surface area contributed by atoms with Gasteiger partial charge in [-0.3, -0.25) is 4.90 Å². The minimum absolute atomic E-state index is 0.759. The van der Waals surface area contributed by atoms with Crippen molar-refractivity contribution in [2.45, 2.75) is 50.7 Å². The van der Waals surface area contributed by atoms with Gasteiger partial charge in [0.1, 0.15) is 0 Å². The van der Waals surface area contributed by atoms with Crippen LogP contribution < -0.4 is 0 Å². The predicted octanol–water partition coefficient (Wildman–Crippen LogP) is 3.76. The molecule has 1 aromatic carbocycles. The number of hydrogen-bond acceptors (Lipinski definition) is 1. The largest absolute Gasteiger partial charge is 0.293 e. The first-order chi connectivity index (χ1) is 8.33. The molecule has 0 radical (unpaired) electrons. The van der Waals surface area contributed by atoms with Crippen molar-refractivity contribution >= 4 is 0 Å². The molecule has 0 spiro atoms. The van der Waals surface area contributed by atoms with Crippen LogP contribution in [0.25, 0.3) is 0 Å². The van der Waals surface area contributed by atoms with Crippen LogP contribution in [0.5, 0.6) is 0 Å². The molecular weight excluding hydrogens is 206 g/mol. The molecule has 2 unspecified atom stereocenters. The summed E-state index contributed by atoms with van der Waals surface area (Å²) in [5.41, 5.74) is 2.93. The fourth-order valence-electron chi connectivity index (χ4n) is 3.46. The Morgan fingerprint density at radius 2 is 1.71 bits per heavy atom. The summed E-state index contributed by atoms with van der Waals surface area (Å²) in [5, 5.41) is 0. The lowest BCUT2D eigenvalue weighted by atomic mass is 9.82. The molecule has 0 amide bonds. The van der Waals surface area contributed by atoms with E-state index in [1.807, 2.05) is 0 Å². The normalized spacial score (nSPS) is 29.3. The summed E-state index contributed by atoms with van der Waals surface area (Å²) in [4.78, 5) is 2.73. The Bertz CT molecular complexity index is 379. The third-order valence-corrected chi connectivity index (χ3v) is 4.27. The molecule has 0 saturated carbocycles. The van der Waals surface area contributed by atoms with Gasteiger partial charge < -0.3 is 0 Å². The molecule has 1 aromatic rings. The molecule has 2 aliphatic heterocycles. The maximum atomic E-state index is 4.21. The van der Waals surface area contributed by atoms with Gasteiger partial charge >= 0.3 is 0 Å². The van der Waals surface area contributed by atoms with E-state index in [0.29, 0.717) is 0 Å². The quantitative estimate of drug-likeness (QED) is 0.695. The third-order valence-electron chi connectivity index (χ3n) is 4.27. The maximum Gasteiger partial charge on any atom is 0.0239 e. The first-order valence-electron chi connectivity index (χ1n) is 6.79. The number of benzene rings is 1. The molecule has 0 N–H and O–H groups in total. The zero-order chi connectivity index (χ0) is 11.7. The van der Waals surface area contributed by atoms with Crippen molar-refractivity contribution in [3.05, 3.63) is 48.0 Å². The van der Waals surface area contributed by atoms with E-state index in [4.69, 9.17) is 0 Å². The van der Waals surface area contributed by atoms with Crippen LogP contribution in [0.4, 0.5) is 0 Å². The Balaban J connectivity index is 1.76. The van der Waals surface area contributed by atoms with E-state index in [2.05, 4.69) is 41.8 Å². The van der Waals surface area contributed by atoms with Crippen LogP contribution in [0, 0.1) is 0 Å². The van der Waals surface area contributed by atoms with Gasteiger partial charge in [0.25, 0.3) is 0 Å². The lowest BCUT2D eigenvalue weighted by Crippen LogP contribution is -2.49. The van der Waals surface area contributed by atoms with E-state index >= 15 is 0 Å². The predicted molar refractivity (Wildman–Crippen MR) is 71.8 cm³/mol. The summed E-state index contributed by atoms with van der Waals surface area (Å²) >= 11 is 0. The molecule has 0 aliphatic carbocycles. The van der Waals surface area contributed by atoms with Gasteiger partial charge in [-0.05, 0) is 31.2 Å². The molecule has 2 saturated heterocycles. The van der Waals surface area contributed by atoms with E-state index < -0.39 is 0 Å². The highest BCUT2D eigenvalue weighted by atomic mass is 15.2. The second kappa shape index (κ2) is 4.66. The molecule has 1 nitrogen and oxygen atoms in total. The van der Waals surface area contributed by atoms with Gasteiger partial charge in [0.15, 0.2) is 0 Å². The Morgan fingerprint density at radius 3 is 2.35 bits per heavy atom. The van der Waals surface area contributed by atoms with Crippen molar-refractivity contribution in [3.63, 3.8) is 0 Å². The second-order valence-electron chi connectivity index (χ2n) is 5.55. The number of nitrogens with zero attached hydrogens (tertiary/aromatic N) is 1. The van der Waals surface area contributed by atoms with E-state index in [0.717, 1.165) is 18.6 Å². The fourth-order valence-corrected chi connectivity index (χ4v) is 3.46. The van der Waals surface area contributed by atoms with Gasteiger partial charge in [-0.1, -0.05) is 48.9 Å². The summed E-state index contributed by atoms with van der Waals surface area (Å²) < 4.78 is 0. The number of hydrogen-bond donors (Lipinski definition) is 0. The Labute approximate surface area is 104 Å². The zero-order valence-corrected chi connectivity index (χ0v) is 10.4. The van der Waals surface area contributed by atoms with Crippen molar-refractivity contribution in [1.29, 1.82) is 0 Å². The van der Waals surface area contributed by atoms with Gasteiger partial charge in [0.05, 0.1) is 0 Å². The maximum absolute atomic E-state index is 4.21. The van der Waals surface area contributed by atoms with Gasteiger partial charge in [-0.2, -0.15) is 0 Å². The second-order valence-corrected chi connectivity index (χ2v) is 5.55. The van der Waals surface area contributed by atoms with Gasteiger partial charge in [-0.15, -0.1) is 0 Å². The van der Waals surface area contributed by atoms with Crippen molar-refractivity contribution < 1.29 is 0 Å². The molecule has 17 heavy (non-hydrogen) atoms. The Hall–Kier alpha value is -1.08. The van der Waals surface area contributed by atoms with Crippen molar-refractivity contribution in [2.24, 2.45) is 0 Å². The minimum atomic E-state index is 0.759. The van der Waals surface area contributed by atoms with Crippen LogP contribution in [0.3, 0.4) is 0 Å². The Kier molecular flexibility index (Phi) is 3.02. The highest BCUT2D eigenvalue weighted by Crippen LogP contribution is 2.36. The summed E-state index contributed by atoms with van der Waals surface area (Å²) in [6.45, 7) is 5.34. The molecule has 2 aliphatic rings. The lowest BCUT2D eigenvalue weighted by Gasteiger charge is -2.47. The molecule has 90 valence electrons. The standard InChI is InChI=1S/C16H21N/c1-13-10-15-8-5-9-16(11-13)17(15)12-14-6-3-2-4-7-14/h2-4,6-7,15-16H,1,5,8-12H2. The summed E-state index contributed by atoms with van der Waals surface area (Å²) in [6, 6.07) is 12.4. The first-order valence-corrected chi connectivity index (χ1v) is 6.79. The van der Waals surface area contributed by atoms with Crippen LogP contribution in [0.2, 0.25) is 0 Å². The minimum Gasteiger partial charge on any atom is -0.293 e. The Morgan fingerprint density at radius 1 is 1.06 bits per heavy atom. The van der Waals surface area contributed by atoms with E-state index in [-0.39, 0.29) is 0 Å². The smallest absolute Gasteiger partial charge is 0.0239 e. The van der Waals surface area contributed by atoms with Gasteiger partial charge in [0.2, 0.25) is 0 Å². The van der Waals surface area contributed by atoms with Gasteiger partial charge in [-0.25, -0.2) is 0 Å². The van der Waals surface area contributed by atoms with Crippen LogP contribution in [0.15, 0.2) is 42.5 Å². The number of piperidine rings is 2. The molecule has 2 heterocycles. The molecule has 3 rings (SSSR count). The average molecular weight is 227 g/mol. The van der Waals surface area contributed by atoms with Crippen LogP contribution >= 0.6 is 0 Å². The number of fused-ring (bicyclic) bond motifs is 2. The summed E-state index contributed by atoms with van der Waals surface area (Å²) in [5.74, 6) is 0. The van der Waals surface area contributed by atoms with Crippen molar-refractivity contribution in [1.82, 2.24) is 4.90 Å². The summed E-state index contributed by atoms with van der Waals surface area (Å²) in [6.07, 6.45) is 6.59. The molecule has 2 bridgehead atoms. The molecule has 0 aromatic heterocycles.